The Morgan fingerprint density at radius 2 is 1.65 bits per heavy atom. The van der Waals surface area contributed by atoms with Crippen LogP contribution in [0.2, 0.25) is 0 Å². The van der Waals surface area contributed by atoms with E-state index in [4.69, 9.17) is 4.74 Å². The molecule has 1 spiro atoms. The van der Waals surface area contributed by atoms with Crippen LogP contribution in [-0.2, 0) is 11.2 Å². The maximum atomic E-state index is 13.6. The Bertz CT molecular complexity index is 913. The molecule has 2 fully saturated rings. The summed E-state index contributed by atoms with van der Waals surface area (Å²) in [7, 11) is 0. The van der Waals surface area contributed by atoms with Crippen LogP contribution in [0.25, 0.3) is 0 Å². The number of ether oxygens (including phenoxy) is 1. The third-order valence-corrected chi connectivity index (χ3v) is 6.87. The molecule has 3 rings (SSSR count). The quantitative estimate of drug-likeness (QED) is 0.385. The molecule has 1 amide bonds. The fourth-order valence-electron chi connectivity index (χ4n) is 4.97. The average molecular weight is 476 g/mol. The number of benzene rings is 1. The fourth-order valence-corrected chi connectivity index (χ4v) is 4.97. The lowest BCUT2D eigenvalue weighted by Gasteiger charge is -2.47. The molecule has 0 saturated carbocycles. The van der Waals surface area contributed by atoms with E-state index < -0.39 is 11.5 Å². The molecule has 2 aliphatic rings. The Morgan fingerprint density at radius 1 is 1.09 bits per heavy atom. The summed E-state index contributed by atoms with van der Waals surface area (Å²) in [6, 6.07) is 5.51. The third kappa shape index (κ3) is 6.80. The molecular formula is C27H39F2N3O2. The van der Waals surface area contributed by atoms with Crippen molar-refractivity contribution >= 4 is 11.9 Å². The first-order chi connectivity index (χ1) is 15.8. The second kappa shape index (κ2) is 10.0. The van der Waals surface area contributed by atoms with E-state index in [0.29, 0.717) is 5.56 Å². The molecule has 0 unspecified atom stereocenters. The number of amides is 1. The second-order valence-electron chi connectivity index (χ2n) is 11.0. The number of hydrogen-bond donors (Lipinski definition) is 0. The third-order valence-electron chi connectivity index (χ3n) is 6.87. The van der Waals surface area contributed by atoms with E-state index in [1.807, 2.05) is 44.7 Å². The van der Waals surface area contributed by atoms with E-state index in [1.54, 1.807) is 6.07 Å². The van der Waals surface area contributed by atoms with Crippen LogP contribution in [0.15, 0.2) is 36.0 Å². The number of alkyl halides is 2. The lowest BCUT2D eigenvalue weighted by Crippen LogP contribution is -2.50. The van der Waals surface area contributed by atoms with Crippen molar-refractivity contribution in [1.82, 2.24) is 9.80 Å². The van der Waals surface area contributed by atoms with Crippen LogP contribution in [0.4, 0.5) is 13.6 Å². The molecule has 1 aromatic rings. The van der Waals surface area contributed by atoms with Crippen molar-refractivity contribution in [3.8, 4) is 0 Å². The monoisotopic (exact) mass is 475 g/mol. The van der Waals surface area contributed by atoms with Crippen LogP contribution in [-0.4, -0.2) is 59.4 Å². The van der Waals surface area contributed by atoms with Crippen molar-refractivity contribution in [3.63, 3.8) is 0 Å². The largest absolute Gasteiger partial charge is 0.444 e. The zero-order valence-electron chi connectivity index (χ0n) is 21.3. The smallest absolute Gasteiger partial charge is 0.410 e. The summed E-state index contributed by atoms with van der Waals surface area (Å²) in [6.45, 7) is 15.5. The standard InChI is InChI=1S/C27H39F2N3O2/c1-7-30-23(22-18-21(9-8-20(22)2)19-26(6,28)29)31-14-10-27(11-15-31)12-16-32(17-13-27)24(33)34-25(3,4)5/h7-9,18H,1,10-17,19H2,2-6H3. The minimum absolute atomic E-state index is 0.218. The van der Waals surface area contributed by atoms with Gasteiger partial charge in [-0.05, 0) is 82.9 Å². The molecule has 2 heterocycles. The van der Waals surface area contributed by atoms with E-state index >= 15 is 0 Å². The Morgan fingerprint density at radius 3 is 2.15 bits per heavy atom. The highest BCUT2D eigenvalue weighted by molar-refractivity contribution is 6.00. The number of aliphatic imine (C=N–C) groups is 1. The van der Waals surface area contributed by atoms with E-state index in [2.05, 4.69) is 16.5 Å². The van der Waals surface area contributed by atoms with Gasteiger partial charge in [-0.15, -0.1) is 0 Å². The Hall–Kier alpha value is -2.44. The Kier molecular flexibility index (Phi) is 7.73. The van der Waals surface area contributed by atoms with Gasteiger partial charge >= 0.3 is 6.09 Å². The van der Waals surface area contributed by atoms with Crippen molar-refractivity contribution in [3.05, 3.63) is 47.7 Å². The average Bonchev–Trinajstić information content (AvgIpc) is 2.73. The van der Waals surface area contributed by atoms with Gasteiger partial charge in [0.25, 0.3) is 0 Å². The predicted molar refractivity (Wildman–Crippen MR) is 133 cm³/mol. The lowest BCUT2D eigenvalue weighted by atomic mass is 9.71. The van der Waals surface area contributed by atoms with Gasteiger partial charge in [-0.1, -0.05) is 18.7 Å². The van der Waals surface area contributed by atoms with E-state index in [9.17, 15) is 13.6 Å². The number of halogens is 2. The topological polar surface area (TPSA) is 45.1 Å². The lowest BCUT2D eigenvalue weighted by molar-refractivity contribution is 0.00191. The fraction of sp³-hybridized carbons (Fsp3) is 0.630. The first-order valence-corrected chi connectivity index (χ1v) is 12.2. The number of carbonyl (C=O) groups is 1. The van der Waals surface area contributed by atoms with Crippen LogP contribution in [0.3, 0.4) is 0 Å². The summed E-state index contributed by atoms with van der Waals surface area (Å²) in [5.74, 6) is -1.96. The summed E-state index contributed by atoms with van der Waals surface area (Å²) < 4.78 is 32.8. The van der Waals surface area contributed by atoms with Gasteiger partial charge in [-0.25, -0.2) is 18.6 Å². The molecule has 0 N–H and O–H groups in total. The summed E-state index contributed by atoms with van der Waals surface area (Å²) in [5.41, 5.74) is 2.23. The molecule has 2 aliphatic heterocycles. The zero-order chi connectivity index (χ0) is 25.1. The van der Waals surface area contributed by atoms with Gasteiger partial charge in [0.1, 0.15) is 11.4 Å². The highest BCUT2D eigenvalue weighted by Gasteiger charge is 2.40. The molecule has 0 aromatic heterocycles. The molecule has 0 aliphatic carbocycles. The molecule has 0 radical (unpaired) electrons. The molecule has 2 saturated heterocycles. The number of hydrogen-bond acceptors (Lipinski definition) is 3. The normalized spacial score (nSPS) is 19.3. The predicted octanol–water partition coefficient (Wildman–Crippen LogP) is 6.20. The zero-order valence-corrected chi connectivity index (χ0v) is 21.3. The highest BCUT2D eigenvalue weighted by atomic mass is 19.3. The van der Waals surface area contributed by atoms with Crippen molar-refractivity contribution < 1.29 is 18.3 Å². The van der Waals surface area contributed by atoms with Crippen molar-refractivity contribution in [2.45, 2.75) is 78.2 Å². The summed E-state index contributed by atoms with van der Waals surface area (Å²) in [5, 5.41) is 0. The van der Waals surface area contributed by atoms with Crippen molar-refractivity contribution in [2.24, 2.45) is 10.4 Å². The number of rotatable bonds is 4. The first kappa shape index (κ1) is 26.2. The maximum absolute atomic E-state index is 13.6. The molecule has 34 heavy (non-hydrogen) atoms. The number of carbonyl (C=O) groups excluding carboxylic acids is 1. The number of aryl methyl sites for hydroxylation is 1. The maximum Gasteiger partial charge on any atom is 0.410 e. The van der Waals surface area contributed by atoms with E-state index in [0.717, 1.165) is 75.7 Å². The van der Waals surface area contributed by atoms with E-state index in [1.165, 1.54) is 6.20 Å². The Labute approximate surface area is 202 Å². The van der Waals surface area contributed by atoms with Gasteiger partial charge in [-0.3, -0.25) is 0 Å². The van der Waals surface area contributed by atoms with Crippen LogP contribution in [0.5, 0.6) is 0 Å². The van der Waals surface area contributed by atoms with E-state index in [-0.39, 0.29) is 17.9 Å². The van der Waals surface area contributed by atoms with Gasteiger partial charge in [0, 0.05) is 44.4 Å². The highest BCUT2D eigenvalue weighted by Crippen LogP contribution is 2.42. The van der Waals surface area contributed by atoms with Crippen molar-refractivity contribution in [2.75, 3.05) is 26.2 Å². The van der Waals surface area contributed by atoms with Crippen molar-refractivity contribution in [1.29, 1.82) is 0 Å². The summed E-state index contributed by atoms with van der Waals surface area (Å²) in [6.07, 6.45) is 4.96. The molecule has 5 nitrogen and oxygen atoms in total. The molecule has 7 heteroatoms. The van der Waals surface area contributed by atoms with Gasteiger partial charge < -0.3 is 14.5 Å². The van der Waals surface area contributed by atoms with Crippen LogP contribution < -0.4 is 0 Å². The molecular weight excluding hydrogens is 436 g/mol. The van der Waals surface area contributed by atoms with Crippen LogP contribution in [0.1, 0.15) is 70.1 Å². The van der Waals surface area contributed by atoms with Gasteiger partial charge in [0.15, 0.2) is 0 Å². The number of amidine groups is 1. The minimum Gasteiger partial charge on any atom is -0.444 e. The van der Waals surface area contributed by atoms with Crippen LogP contribution in [0, 0.1) is 12.3 Å². The summed E-state index contributed by atoms with van der Waals surface area (Å²) >= 11 is 0. The minimum atomic E-state index is -2.76. The van der Waals surface area contributed by atoms with Gasteiger partial charge in [-0.2, -0.15) is 0 Å². The molecule has 0 atom stereocenters. The Balaban J connectivity index is 1.67. The number of nitrogens with zero attached hydrogens (tertiary/aromatic N) is 3. The number of likely N-dealkylation sites (tertiary alicyclic amines) is 2. The molecule has 1 aromatic carbocycles. The number of piperidine rings is 2. The van der Waals surface area contributed by atoms with Gasteiger partial charge in [0.05, 0.1) is 0 Å². The van der Waals surface area contributed by atoms with Gasteiger partial charge in [0.2, 0.25) is 5.92 Å². The summed E-state index contributed by atoms with van der Waals surface area (Å²) in [4.78, 5) is 21.1. The SMILES string of the molecule is C=CN=C(c1cc(CC(C)(F)F)ccc1C)N1CCC2(CCN(C(=O)OC(C)(C)C)CC2)CC1. The second-order valence-corrected chi connectivity index (χ2v) is 11.0. The molecule has 0 bridgehead atoms. The first-order valence-electron chi connectivity index (χ1n) is 12.2. The molecule has 188 valence electrons. The van der Waals surface area contributed by atoms with Crippen LogP contribution >= 0.6 is 0 Å².